The summed E-state index contributed by atoms with van der Waals surface area (Å²) in [6, 6.07) is 12.1. The normalized spacial score (nSPS) is 16.0. The lowest BCUT2D eigenvalue weighted by Crippen LogP contribution is -2.48. The van der Waals surface area contributed by atoms with Crippen molar-refractivity contribution in [1.82, 2.24) is 15.5 Å². The molecular formula is C24H28N6O5. The van der Waals surface area contributed by atoms with Gasteiger partial charge in [-0.15, -0.1) is 0 Å². The Labute approximate surface area is 202 Å². The van der Waals surface area contributed by atoms with Crippen LogP contribution >= 0.6 is 0 Å². The Morgan fingerprint density at radius 3 is 2.37 bits per heavy atom. The number of benzene rings is 2. The lowest BCUT2D eigenvalue weighted by Gasteiger charge is -2.35. The van der Waals surface area contributed by atoms with E-state index < -0.39 is 10.8 Å². The highest BCUT2D eigenvalue weighted by atomic mass is 16.6. The Morgan fingerprint density at radius 2 is 1.74 bits per heavy atom. The molecule has 2 fully saturated rings. The van der Waals surface area contributed by atoms with Gasteiger partial charge in [0.1, 0.15) is 5.69 Å². The molecule has 35 heavy (non-hydrogen) atoms. The highest BCUT2D eigenvalue weighted by Gasteiger charge is 2.26. The third kappa shape index (κ3) is 5.68. The molecule has 3 amide bonds. The lowest BCUT2D eigenvalue weighted by molar-refractivity contribution is -0.384. The van der Waals surface area contributed by atoms with E-state index in [1.54, 1.807) is 17.0 Å². The zero-order chi connectivity index (χ0) is 24.9. The number of nitro groups is 1. The maximum Gasteiger partial charge on any atom is 0.293 e. The Hall–Kier alpha value is -4.15. The molecule has 2 saturated heterocycles. The van der Waals surface area contributed by atoms with E-state index >= 15 is 0 Å². The maximum absolute atomic E-state index is 12.7. The molecule has 11 heteroatoms. The van der Waals surface area contributed by atoms with Gasteiger partial charge >= 0.3 is 0 Å². The van der Waals surface area contributed by atoms with Gasteiger partial charge in [0.15, 0.2) is 0 Å². The number of nitrogens with one attached hydrogen (secondary N) is 2. The number of anilines is 2. The number of nitro benzene ring substituents is 1. The van der Waals surface area contributed by atoms with Crippen LogP contribution in [0.5, 0.6) is 0 Å². The molecule has 2 aliphatic heterocycles. The van der Waals surface area contributed by atoms with Crippen molar-refractivity contribution in [3.8, 4) is 0 Å². The van der Waals surface area contributed by atoms with Gasteiger partial charge in [-0.25, -0.2) is 0 Å². The van der Waals surface area contributed by atoms with E-state index in [0.717, 1.165) is 17.8 Å². The highest BCUT2D eigenvalue weighted by molar-refractivity contribution is 5.95. The summed E-state index contributed by atoms with van der Waals surface area (Å²) in [5.41, 5.74) is 2.32. The molecule has 0 spiro atoms. The standard InChI is InChI=1S/C24H28N6O5/c1-17(31)27-10-12-28(13-11-27)21-7-4-19(14-22(21)30(34)35)24(33)26-15-18-2-5-20(6-3-18)29-9-8-25-23(32)16-29/h2-7,14H,8-13,15-16H2,1H3,(H,25,32)(H,26,33). The van der Waals surface area contributed by atoms with Crippen LogP contribution in [-0.2, 0) is 16.1 Å². The minimum absolute atomic E-state index is 0.00831. The van der Waals surface area contributed by atoms with Crippen LogP contribution in [0.25, 0.3) is 0 Å². The molecule has 0 aliphatic carbocycles. The second-order valence-electron chi connectivity index (χ2n) is 8.57. The molecule has 2 aromatic carbocycles. The Kier molecular flexibility index (Phi) is 7.14. The van der Waals surface area contributed by atoms with E-state index in [9.17, 15) is 24.5 Å². The molecule has 0 saturated carbocycles. The number of carbonyl (C=O) groups is 3. The number of amides is 3. The molecule has 2 aliphatic rings. The van der Waals surface area contributed by atoms with Crippen molar-refractivity contribution in [1.29, 1.82) is 0 Å². The second kappa shape index (κ2) is 10.4. The Bertz CT molecular complexity index is 1130. The molecule has 0 unspecified atom stereocenters. The van der Waals surface area contributed by atoms with Crippen molar-refractivity contribution in [3.63, 3.8) is 0 Å². The first-order valence-electron chi connectivity index (χ1n) is 11.5. The SMILES string of the molecule is CC(=O)N1CCN(c2ccc(C(=O)NCc3ccc(N4CCNC(=O)C4)cc3)cc2[N+](=O)[O-])CC1. The fourth-order valence-electron chi connectivity index (χ4n) is 4.31. The minimum atomic E-state index is -0.483. The monoisotopic (exact) mass is 480 g/mol. The largest absolute Gasteiger partial charge is 0.362 e. The lowest BCUT2D eigenvalue weighted by atomic mass is 10.1. The van der Waals surface area contributed by atoms with Crippen molar-refractivity contribution in [3.05, 3.63) is 63.7 Å². The van der Waals surface area contributed by atoms with Gasteiger partial charge in [0, 0.05) is 70.1 Å². The van der Waals surface area contributed by atoms with Crippen LogP contribution in [0.2, 0.25) is 0 Å². The highest BCUT2D eigenvalue weighted by Crippen LogP contribution is 2.30. The van der Waals surface area contributed by atoms with E-state index in [0.29, 0.717) is 45.0 Å². The molecule has 184 valence electrons. The summed E-state index contributed by atoms with van der Waals surface area (Å²) in [7, 11) is 0. The molecule has 11 nitrogen and oxygen atoms in total. The zero-order valence-corrected chi connectivity index (χ0v) is 19.5. The summed E-state index contributed by atoms with van der Waals surface area (Å²) in [6.07, 6.45) is 0. The number of carbonyl (C=O) groups excluding carboxylic acids is 3. The van der Waals surface area contributed by atoms with E-state index in [1.807, 2.05) is 34.1 Å². The van der Waals surface area contributed by atoms with Crippen LogP contribution in [-0.4, -0.2) is 73.4 Å². The predicted molar refractivity (Wildman–Crippen MR) is 130 cm³/mol. The maximum atomic E-state index is 12.7. The first-order valence-corrected chi connectivity index (χ1v) is 11.5. The molecule has 4 rings (SSSR count). The number of rotatable bonds is 6. The van der Waals surface area contributed by atoms with Gasteiger partial charge < -0.3 is 25.3 Å². The smallest absolute Gasteiger partial charge is 0.293 e. The minimum Gasteiger partial charge on any atom is -0.362 e. The molecule has 0 atom stereocenters. The molecule has 2 heterocycles. The molecular weight excluding hydrogens is 452 g/mol. The van der Waals surface area contributed by atoms with E-state index in [1.165, 1.54) is 13.0 Å². The third-order valence-corrected chi connectivity index (χ3v) is 6.29. The van der Waals surface area contributed by atoms with Crippen molar-refractivity contribution < 1.29 is 19.3 Å². The third-order valence-electron chi connectivity index (χ3n) is 6.29. The van der Waals surface area contributed by atoms with Gasteiger partial charge in [0.25, 0.3) is 11.6 Å². The van der Waals surface area contributed by atoms with Crippen molar-refractivity contribution in [2.45, 2.75) is 13.5 Å². The first-order chi connectivity index (χ1) is 16.8. The van der Waals surface area contributed by atoms with Crippen molar-refractivity contribution >= 4 is 34.8 Å². The molecule has 0 bridgehead atoms. The van der Waals surface area contributed by atoms with Gasteiger partial charge in [0.05, 0.1) is 11.5 Å². The van der Waals surface area contributed by atoms with E-state index in [4.69, 9.17) is 0 Å². The topological polar surface area (TPSA) is 128 Å². The van der Waals surface area contributed by atoms with Crippen LogP contribution in [0.15, 0.2) is 42.5 Å². The summed E-state index contributed by atoms with van der Waals surface area (Å²) in [6.45, 7) is 5.41. The van der Waals surface area contributed by atoms with Gasteiger partial charge in [0.2, 0.25) is 11.8 Å². The molecule has 0 aromatic heterocycles. The van der Waals surface area contributed by atoms with Gasteiger partial charge in [-0.05, 0) is 29.8 Å². The van der Waals surface area contributed by atoms with Gasteiger partial charge in [-0.2, -0.15) is 0 Å². The van der Waals surface area contributed by atoms with Crippen LogP contribution < -0.4 is 20.4 Å². The number of hydrogen-bond donors (Lipinski definition) is 2. The van der Waals surface area contributed by atoms with Crippen LogP contribution in [0.3, 0.4) is 0 Å². The van der Waals surface area contributed by atoms with Gasteiger partial charge in [-0.3, -0.25) is 24.5 Å². The molecule has 2 N–H and O–H groups in total. The zero-order valence-electron chi connectivity index (χ0n) is 19.5. The quantitative estimate of drug-likeness (QED) is 0.469. The Morgan fingerprint density at radius 1 is 1.03 bits per heavy atom. The summed E-state index contributed by atoms with van der Waals surface area (Å²) >= 11 is 0. The van der Waals surface area contributed by atoms with Crippen molar-refractivity contribution in [2.75, 3.05) is 55.6 Å². The predicted octanol–water partition coefficient (Wildman–Crippen LogP) is 1.13. The number of hydrogen-bond acceptors (Lipinski definition) is 7. The summed E-state index contributed by atoms with van der Waals surface area (Å²) in [5, 5.41) is 17.3. The number of nitrogens with zero attached hydrogens (tertiary/aromatic N) is 4. The van der Waals surface area contributed by atoms with E-state index in [-0.39, 0.29) is 29.6 Å². The molecule has 0 radical (unpaired) electrons. The summed E-state index contributed by atoms with van der Waals surface area (Å²) in [4.78, 5) is 52.6. The average molecular weight is 481 g/mol. The van der Waals surface area contributed by atoms with Crippen molar-refractivity contribution in [2.24, 2.45) is 0 Å². The Balaban J connectivity index is 1.38. The van der Waals surface area contributed by atoms with Gasteiger partial charge in [-0.1, -0.05) is 12.1 Å². The van der Waals surface area contributed by atoms with Crippen LogP contribution in [0.1, 0.15) is 22.8 Å². The number of piperazine rings is 2. The average Bonchev–Trinajstić information content (AvgIpc) is 2.87. The first kappa shape index (κ1) is 24.0. The summed E-state index contributed by atoms with van der Waals surface area (Å²) < 4.78 is 0. The molecule has 2 aromatic rings. The van der Waals surface area contributed by atoms with Crippen LogP contribution in [0, 0.1) is 10.1 Å². The second-order valence-corrected chi connectivity index (χ2v) is 8.57. The fraction of sp³-hybridized carbons (Fsp3) is 0.375. The fourth-order valence-corrected chi connectivity index (χ4v) is 4.31. The summed E-state index contributed by atoms with van der Waals surface area (Å²) in [5.74, 6) is -0.427. The van der Waals surface area contributed by atoms with Crippen LogP contribution in [0.4, 0.5) is 17.1 Å². The van der Waals surface area contributed by atoms with E-state index in [2.05, 4.69) is 10.6 Å².